The van der Waals surface area contributed by atoms with Gasteiger partial charge >= 0.3 is 5.63 Å². The highest BCUT2D eigenvalue weighted by molar-refractivity contribution is 6.00. The lowest BCUT2D eigenvalue weighted by atomic mass is 9.83. The molecule has 1 aliphatic heterocycles. The fourth-order valence-electron chi connectivity index (χ4n) is 3.91. The van der Waals surface area contributed by atoms with Crippen molar-refractivity contribution in [3.05, 3.63) is 57.5 Å². The Bertz CT molecular complexity index is 1070. The first-order valence-corrected chi connectivity index (χ1v) is 9.95. The van der Waals surface area contributed by atoms with Gasteiger partial charge in [0.15, 0.2) is 5.78 Å². The topological polar surface area (TPSA) is 76.7 Å². The summed E-state index contributed by atoms with van der Waals surface area (Å²) < 4.78 is 11.7. The van der Waals surface area contributed by atoms with Crippen LogP contribution >= 0.6 is 0 Å². The van der Waals surface area contributed by atoms with Gasteiger partial charge in [-0.3, -0.25) is 4.79 Å². The summed E-state index contributed by atoms with van der Waals surface area (Å²) >= 11 is 0. The third-order valence-electron chi connectivity index (χ3n) is 5.63. The number of rotatable bonds is 6. The number of phenolic OH excluding ortho intramolecular Hbond substituents is 1. The first-order valence-electron chi connectivity index (χ1n) is 9.95. The van der Waals surface area contributed by atoms with Gasteiger partial charge in [-0.05, 0) is 71.2 Å². The zero-order valence-corrected chi connectivity index (χ0v) is 17.7. The normalized spacial score (nSPS) is 21.0. The summed E-state index contributed by atoms with van der Waals surface area (Å²) in [5.74, 6) is 0.485. The van der Waals surface area contributed by atoms with Gasteiger partial charge in [-0.25, -0.2) is 4.79 Å². The minimum atomic E-state index is -0.534. The van der Waals surface area contributed by atoms with Crippen molar-refractivity contribution < 1.29 is 19.1 Å². The molecule has 2 atom stereocenters. The molecule has 0 bridgehead atoms. The zero-order chi connectivity index (χ0) is 21.3. The maximum Gasteiger partial charge on any atom is 0.343 e. The molecule has 3 rings (SSSR count). The van der Waals surface area contributed by atoms with E-state index in [9.17, 15) is 14.7 Å². The van der Waals surface area contributed by atoms with E-state index in [1.165, 1.54) is 6.07 Å². The van der Waals surface area contributed by atoms with E-state index in [0.717, 1.165) is 30.4 Å². The first kappa shape index (κ1) is 20.9. The van der Waals surface area contributed by atoms with E-state index in [2.05, 4.69) is 0 Å². The number of hydrogen-bond donors (Lipinski definition) is 1. The Morgan fingerprint density at radius 3 is 2.66 bits per heavy atom. The summed E-state index contributed by atoms with van der Waals surface area (Å²) in [5.41, 5.74) is 1.93. The Morgan fingerprint density at radius 2 is 1.97 bits per heavy atom. The van der Waals surface area contributed by atoms with Gasteiger partial charge < -0.3 is 14.3 Å². The fourth-order valence-corrected chi connectivity index (χ4v) is 3.91. The molecule has 1 N–H and O–H groups in total. The van der Waals surface area contributed by atoms with Crippen LogP contribution in [0.3, 0.4) is 0 Å². The van der Waals surface area contributed by atoms with Crippen LogP contribution in [-0.4, -0.2) is 16.5 Å². The number of allylic oxidation sites excluding steroid dienone is 4. The number of phenols is 1. The third kappa shape index (κ3) is 4.29. The molecule has 154 valence electrons. The number of hydrogen-bond acceptors (Lipinski definition) is 5. The van der Waals surface area contributed by atoms with Crippen molar-refractivity contribution in [2.75, 3.05) is 0 Å². The predicted molar refractivity (Wildman–Crippen MR) is 114 cm³/mol. The van der Waals surface area contributed by atoms with Crippen molar-refractivity contribution in [3.63, 3.8) is 0 Å². The van der Waals surface area contributed by atoms with E-state index in [0.29, 0.717) is 22.3 Å². The van der Waals surface area contributed by atoms with Gasteiger partial charge in [0.2, 0.25) is 0 Å². The fraction of sp³-hybridized carbons (Fsp3) is 0.417. The average molecular weight is 396 g/mol. The number of carbonyl (C=O) groups is 1. The minimum absolute atomic E-state index is 0.0129. The summed E-state index contributed by atoms with van der Waals surface area (Å²) in [4.78, 5) is 24.4. The second-order valence-electron chi connectivity index (χ2n) is 8.42. The summed E-state index contributed by atoms with van der Waals surface area (Å²) in [6.45, 7) is 9.76. The molecule has 5 heteroatoms. The molecule has 2 aromatic rings. The van der Waals surface area contributed by atoms with Crippen LogP contribution in [0.4, 0.5) is 0 Å². The van der Waals surface area contributed by atoms with Crippen molar-refractivity contribution in [2.45, 2.75) is 65.4 Å². The monoisotopic (exact) mass is 396 g/mol. The number of ether oxygens (including phenoxy) is 1. The van der Waals surface area contributed by atoms with Crippen LogP contribution in [0.5, 0.6) is 11.5 Å². The van der Waals surface area contributed by atoms with Crippen molar-refractivity contribution >= 4 is 16.8 Å². The molecular formula is C24H28O5. The highest BCUT2D eigenvalue weighted by Gasteiger charge is 2.44. The SMILES string of the molecule is CC(C)=CC(=O)C=C(C)CCC[C@]1(C)Oc2c(c(=O)oc3cc(O)ccc23)[C@@H]1C. The molecule has 5 nitrogen and oxygen atoms in total. The quantitative estimate of drug-likeness (QED) is 0.522. The Morgan fingerprint density at radius 1 is 1.24 bits per heavy atom. The molecule has 0 spiro atoms. The lowest BCUT2D eigenvalue weighted by Crippen LogP contribution is -2.33. The average Bonchev–Trinajstić information content (AvgIpc) is 2.86. The van der Waals surface area contributed by atoms with E-state index in [1.54, 1.807) is 24.3 Å². The Kier molecular flexibility index (Phi) is 5.69. The molecule has 1 aromatic carbocycles. The van der Waals surface area contributed by atoms with Crippen LogP contribution in [0.1, 0.15) is 65.4 Å². The molecule has 0 saturated heterocycles. The Balaban J connectivity index is 1.77. The van der Waals surface area contributed by atoms with Crippen molar-refractivity contribution in [3.8, 4) is 11.5 Å². The highest BCUT2D eigenvalue weighted by Crippen LogP contribution is 2.48. The third-order valence-corrected chi connectivity index (χ3v) is 5.63. The second-order valence-corrected chi connectivity index (χ2v) is 8.42. The number of benzene rings is 1. The molecule has 1 aromatic heterocycles. The molecule has 2 heterocycles. The predicted octanol–water partition coefficient (Wildman–Crippen LogP) is 5.41. The molecule has 0 radical (unpaired) electrons. The van der Waals surface area contributed by atoms with E-state index < -0.39 is 11.2 Å². The van der Waals surface area contributed by atoms with Crippen LogP contribution in [0, 0.1) is 0 Å². The van der Waals surface area contributed by atoms with Crippen LogP contribution in [0.2, 0.25) is 0 Å². The van der Waals surface area contributed by atoms with Gasteiger partial charge in [0.05, 0.1) is 10.9 Å². The van der Waals surface area contributed by atoms with Crippen LogP contribution in [-0.2, 0) is 4.79 Å². The lowest BCUT2D eigenvalue weighted by Gasteiger charge is -2.28. The maximum atomic E-state index is 12.5. The van der Waals surface area contributed by atoms with Crippen LogP contribution in [0.15, 0.2) is 50.7 Å². The number of aromatic hydroxyl groups is 1. The van der Waals surface area contributed by atoms with Crippen molar-refractivity contribution in [2.24, 2.45) is 0 Å². The molecule has 0 unspecified atom stereocenters. The lowest BCUT2D eigenvalue weighted by molar-refractivity contribution is -0.110. The number of ketones is 1. The van der Waals surface area contributed by atoms with Crippen LogP contribution in [0.25, 0.3) is 11.0 Å². The highest BCUT2D eigenvalue weighted by atomic mass is 16.5. The summed E-state index contributed by atoms with van der Waals surface area (Å²) in [6, 6.07) is 4.70. The summed E-state index contributed by atoms with van der Waals surface area (Å²) in [7, 11) is 0. The number of carbonyl (C=O) groups excluding carboxylic acids is 1. The maximum absolute atomic E-state index is 12.5. The molecular weight excluding hydrogens is 368 g/mol. The summed E-state index contributed by atoms with van der Waals surface area (Å²) in [5, 5.41) is 10.4. The molecule has 1 aliphatic rings. The smallest absolute Gasteiger partial charge is 0.343 e. The van der Waals surface area contributed by atoms with E-state index in [4.69, 9.17) is 9.15 Å². The first-order chi connectivity index (χ1) is 13.6. The van der Waals surface area contributed by atoms with Gasteiger partial charge in [-0.2, -0.15) is 0 Å². The molecule has 29 heavy (non-hydrogen) atoms. The van der Waals surface area contributed by atoms with E-state index in [1.807, 2.05) is 34.6 Å². The standard InChI is InChI=1S/C24H28O5/c1-14(2)11-18(26)12-15(3)7-6-10-24(5)16(4)21-22(29-24)19-9-8-17(25)13-20(19)28-23(21)27/h8-9,11-13,16,25H,6-7,10H2,1-5H3/t16-,24-/m0/s1. The zero-order valence-electron chi connectivity index (χ0n) is 17.7. The summed E-state index contributed by atoms with van der Waals surface area (Å²) in [6.07, 6.45) is 5.67. The molecule has 0 aliphatic carbocycles. The minimum Gasteiger partial charge on any atom is -0.508 e. The van der Waals surface area contributed by atoms with E-state index in [-0.39, 0.29) is 17.5 Å². The molecule has 0 fully saturated rings. The van der Waals surface area contributed by atoms with Gasteiger partial charge in [0, 0.05) is 12.0 Å². The second kappa shape index (κ2) is 7.90. The largest absolute Gasteiger partial charge is 0.508 e. The van der Waals surface area contributed by atoms with Gasteiger partial charge in [0.1, 0.15) is 22.7 Å². The van der Waals surface area contributed by atoms with Gasteiger partial charge in [-0.1, -0.05) is 18.1 Å². The molecule has 0 amide bonds. The Labute approximate surface area is 170 Å². The van der Waals surface area contributed by atoms with Gasteiger partial charge in [0.25, 0.3) is 0 Å². The van der Waals surface area contributed by atoms with Gasteiger partial charge in [-0.15, -0.1) is 0 Å². The number of fused-ring (bicyclic) bond motifs is 3. The molecule has 0 saturated carbocycles. The van der Waals surface area contributed by atoms with Crippen molar-refractivity contribution in [1.29, 1.82) is 0 Å². The van der Waals surface area contributed by atoms with Crippen LogP contribution < -0.4 is 10.4 Å². The Hall–Kier alpha value is -2.82. The van der Waals surface area contributed by atoms with Crippen molar-refractivity contribution in [1.82, 2.24) is 0 Å². The van der Waals surface area contributed by atoms with E-state index >= 15 is 0 Å².